The standard InChI is InChI=1S/C14H15NOS/c1-10-6-7-17-14(10)8-15-12-9-16-13-5-3-2-4-11(12)13/h2-7,12,15H,8-9H2,1H3. The van der Waals surface area contributed by atoms with Gasteiger partial charge in [-0.1, -0.05) is 18.2 Å². The van der Waals surface area contributed by atoms with E-state index in [-0.39, 0.29) is 0 Å². The molecule has 0 saturated carbocycles. The summed E-state index contributed by atoms with van der Waals surface area (Å²) in [6.07, 6.45) is 0. The van der Waals surface area contributed by atoms with Crippen molar-refractivity contribution in [2.75, 3.05) is 6.61 Å². The Kier molecular flexibility index (Phi) is 2.87. The number of rotatable bonds is 3. The van der Waals surface area contributed by atoms with Crippen molar-refractivity contribution in [3.63, 3.8) is 0 Å². The van der Waals surface area contributed by atoms with Crippen molar-refractivity contribution in [2.24, 2.45) is 0 Å². The molecule has 17 heavy (non-hydrogen) atoms. The molecule has 0 spiro atoms. The average Bonchev–Trinajstić information content (AvgIpc) is 2.93. The Bertz CT molecular complexity index is 520. The monoisotopic (exact) mass is 245 g/mol. The maximum atomic E-state index is 5.65. The first-order chi connectivity index (χ1) is 8.34. The molecular weight excluding hydrogens is 230 g/mol. The second kappa shape index (κ2) is 4.51. The van der Waals surface area contributed by atoms with E-state index in [9.17, 15) is 0 Å². The molecule has 1 aliphatic heterocycles. The molecule has 3 heteroatoms. The Hall–Kier alpha value is -1.32. The molecule has 1 aromatic carbocycles. The van der Waals surface area contributed by atoms with Crippen LogP contribution < -0.4 is 10.1 Å². The predicted molar refractivity (Wildman–Crippen MR) is 70.6 cm³/mol. The van der Waals surface area contributed by atoms with Crippen molar-refractivity contribution in [3.8, 4) is 5.75 Å². The zero-order chi connectivity index (χ0) is 11.7. The highest BCUT2D eigenvalue weighted by Crippen LogP contribution is 2.32. The second-order valence-corrected chi connectivity index (χ2v) is 5.31. The lowest BCUT2D eigenvalue weighted by molar-refractivity contribution is 0.311. The van der Waals surface area contributed by atoms with Gasteiger partial charge in [0.05, 0.1) is 6.04 Å². The summed E-state index contributed by atoms with van der Waals surface area (Å²) >= 11 is 1.81. The minimum absolute atomic E-state index is 0.327. The molecule has 0 radical (unpaired) electrons. The fraction of sp³-hybridized carbons (Fsp3) is 0.286. The molecular formula is C14H15NOS. The third kappa shape index (κ3) is 2.08. The Morgan fingerprint density at radius 1 is 1.35 bits per heavy atom. The number of thiophene rings is 1. The van der Waals surface area contributed by atoms with E-state index in [1.807, 2.05) is 23.5 Å². The van der Waals surface area contributed by atoms with E-state index in [2.05, 4.69) is 35.8 Å². The zero-order valence-electron chi connectivity index (χ0n) is 9.77. The first-order valence-electron chi connectivity index (χ1n) is 5.82. The van der Waals surface area contributed by atoms with Crippen LogP contribution in [0.4, 0.5) is 0 Å². The SMILES string of the molecule is Cc1ccsc1CNC1COc2ccccc21. The van der Waals surface area contributed by atoms with Gasteiger partial charge in [0.25, 0.3) is 0 Å². The minimum atomic E-state index is 0.327. The number of para-hydroxylation sites is 1. The normalized spacial score (nSPS) is 17.8. The molecule has 3 rings (SSSR count). The fourth-order valence-corrected chi connectivity index (χ4v) is 2.99. The highest BCUT2D eigenvalue weighted by Gasteiger charge is 2.22. The van der Waals surface area contributed by atoms with E-state index >= 15 is 0 Å². The maximum absolute atomic E-state index is 5.65. The molecule has 1 aromatic heterocycles. The van der Waals surface area contributed by atoms with Crippen LogP contribution >= 0.6 is 11.3 Å². The maximum Gasteiger partial charge on any atom is 0.124 e. The van der Waals surface area contributed by atoms with Crippen molar-refractivity contribution in [1.29, 1.82) is 0 Å². The van der Waals surface area contributed by atoms with Gasteiger partial charge in [0.15, 0.2) is 0 Å². The minimum Gasteiger partial charge on any atom is -0.491 e. The quantitative estimate of drug-likeness (QED) is 0.896. The Morgan fingerprint density at radius 3 is 3.06 bits per heavy atom. The Morgan fingerprint density at radius 2 is 2.24 bits per heavy atom. The third-order valence-corrected chi connectivity index (χ3v) is 4.20. The molecule has 1 unspecified atom stereocenters. The molecule has 1 atom stereocenters. The third-order valence-electron chi connectivity index (χ3n) is 3.18. The highest BCUT2D eigenvalue weighted by atomic mass is 32.1. The van der Waals surface area contributed by atoms with Gasteiger partial charge in [-0.3, -0.25) is 0 Å². The second-order valence-electron chi connectivity index (χ2n) is 4.31. The topological polar surface area (TPSA) is 21.3 Å². The Labute approximate surface area is 105 Å². The lowest BCUT2D eigenvalue weighted by Gasteiger charge is -2.11. The number of nitrogens with one attached hydrogen (secondary N) is 1. The van der Waals surface area contributed by atoms with Gasteiger partial charge >= 0.3 is 0 Å². The average molecular weight is 245 g/mol. The van der Waals surface area contributed by atoms with E-state index in [1.54, 1.807) is 0 Å². The lowest BCUT2D eigenvalue weighted by atomic mass is 10.1. The van der Waals surface area contributed by atoms with Crippen molar-refractivity contribution in [1.82, 2.24) is 5.32 Å². The summed E-state index contributed by atoms with van der Waals surface area (Å²) in [5.74, 6) is 1.02. The van der Waals surface area contributed by atoms with Crippen LogP contribution in [0.5, 0.6) is 5.75 Å². The van der Waals surface area contributed by atoms with Crippen molar-refractivity contribution >= 4 is 11.3 Å². The molecule has 88 valence electrons. The summed E-state index contributed by atoms with van der Waals surface area (Å²) < 4.78 is 5.65. The van der Waals surface area contributed by atoms with Crippen LogP contribution in [-0.2, 0) is 6.54 Å². The molecule has 1 N–H and O–H groups in total. The summed E-state index contributed by atoms with van der Waals surface area (Å²) in [6.45, 7) is 3.82. The largest absolute Gasteiger partial charge is 0.491 e. The van der Waals surface area contributed by atoms with Crippen LogP contribution in [-0.4, -0.2) is 6.61 Å². The number of ether oxygens (including phenoxy) is 1. The highest BCUT2D eigenvalue weighted by molar-refractivity contribution is 7.10. The zero-order valence-corrected chi connectivity index (χ0v) is 10.6. The van der Waals surface area contributed by atoms with Crippen LogP contribution in [0.2, 0.25) is 0 Å². The first-order valence-corrected chi connectivity index (χ1v) is 6.70. The van der Waals surface area contributed by atoms with E-state index in [4.69, 9.17) is 4.74 Å². The van der Waals surface area contributed by atoms with E-state index < -0.39 is 0 Å². The molecule has 2 heterocycles. The van der Waals surface area contributed by atoms with Gasteiger partial charge in [-0.25, -0.2) is 0 Å². The van der Waals surface area contributed by atoms with Crippen LogP contribution in [0.25, 0.3) is 0 Å². The fourth-order valence-electron chi connectivity index (χ4n) is 2.13. The summed E-state index contributed by atoms with van der Waals surface area (Å²) in [6, 6.07) is 10.8. The van der Waals surface area contributed by atoms with Crippen molar-refractivity contribution in [2.45, 2.75) is 19.5 Å². The molecule has 0 aliphatic carbocycles. The van der Waals surface area contributed by atoms with Gasteiger partial charge in [-0.15, -0.1) is 11.3 Å². The number of hydrogen-bond donors (Lipinski definition) is 1. The number of benzene rings is 1. The van der Waals surface area contributed by atoms with Gasteiger partial charge in [0.1, 0.15) is 12.4 Å². The van der Waals surface area contributed by atoms with Gasteiger partial charge in [0.2, 0.25) is 0 Å². The van der Waals surface area contributed by atoms with Crippen LogP contribution in [0.3, 0.4) is 0 Å². The predicted octanol–water partition coefficient (Wildman–Crippen LogP) is 3.28. The van der Waals surface area contributed by atoms with Gasteiger partial charge in [0, 0.05) is 17.0 Å². The van der Waals surface area contributed by atoms with E-state index in [0.29, 0.717) is 6.04 Å². The van der Waals surface area contributed by atoms with Crippen molar-refractivity contribution < 1.29 is 4.74 Å². The van der Waals surface area contributed by atoms with E-state index in [1.165, 1.54) is 16.0 Å². The molecule has 0 amide bonds. The van der Waals surface area contributed by atoms with E-state index in [0.717, 1.165) is 18.9 Å². The number of fused-ring (bicyclic) bond motifs is 1. The summed E-state index contributed by atoms with van der Waals surface area (Å²) in [5, 5.41) is 5.71. The molecule has 1 aliphatic rings. The summed E-state index contributed by atoms with van der Waals surface area (Å²) in [7, 11) is 0. The molecule has 0 saturated heterocycles. The lowest BCUT2D eigenvalue weighted by Crippen LogP contribution is -2.21. The molecule has 2 nitrogen and oxygen atoms in total. The van der Waals surface area contributed by atoms with Crippen LogP contribution in [0.15, 0.2) is 35.7 Å². The summed E-state index contributed by atoms with van der Waals surface area (Å²) in [4.78, 5) is 1.41. The first kappa shape index (κ1) is 10.8. The Balaban J connectivity index is 1.70. The molecule has 0 fully saturated rings. The molecule has 0 bridgehead atoms. The smallest absolute Gasteiger partial charge is 0.124 e. The summed E-state index contributed by atoms with van der Waals surface area (Å²) in [5.41, 5.74) is 2.65. The number of aryl methyl sites for hydroxylation is 1. The van der Waals surface area contributed by atoms with Gasteiger partial charge in [-0.2, -0.15) is 0 Å². The molecule has 2 aromatic rings. The van der Waals surface area contributed by atoms with Gasteiger partial charge < -0.3 is 10.1 Å². The van der Waals surface area contributed by atoms with Gasteiger partial charge in [-0.05, 0) is 30.0 Å². The van der Waals surface area contributed by atoms with Crippen LogP contribution in [0, 0.1) is 6.92 Å². The number of hydrogen-bond acceptors (Lipinski definition) is 3. The van der Waals surface area contributed by atoms with Crippen molar-refractivity contribution in [3.05, 3.63) is 51.7 Å². The van der Waals surface area contributed by atoms with Crippen LogP contribution in [0.1, 0.15) is 22.0 Å².